The van der Waals surface area contributed by atoms with Crippen molar-refractivity contribution in [3.8, 4) is 5.75 Å². The van der Waals surface area contributed by atoms with Crippen molar-refractivity contribution in [2.75, 3.05) is 38.2 Å². The molecule has 162 valence electrons. The number of pyridine rings is 1. The maximum atomic E-state index is 13.5. The summed E-state index contributed by atoms with van der Waals surface area (Å²) in [5.74, 6) is 1.13. The van der Waals surface area contributed by atoms with E-state index in [-0.39, 0.29) is 11.5 Å². The molecule has 0 saturated carbocycles. The number of amides is 1. The van der Waals surface area contributed by atoms with Gasteiger partial charge in [-0.05, 0) is 24.1 Å². The molecule has 31 heavy (non-hydrogen) atoms. The summed E-state index contributed by atoms with van der Waals surface area (Å²) in [4.78, 5) is 30.5. The summed E-state index contributed by atoms with van der Waals surface area (Å²) < 4.78 is 7.02. The quantitative estimate of drug-likeness (QED) is 0.634. The summed E-state index contributed by atoms with van der Waals surface area (Å²) in [5, 5.41) is 1.33. The van der Waals surface area contributed by atoms with Gasteiger partial charge in [-0.1, -0.05) is 38.1 Å². The van der Waals surface area contributed by atoms with Crippen molar-refractivity contribution in [3.63, 3.8) is 0 Å². The molecule has 1 aromatic heterocycles. The number of benzene rings is 2. The van der Waals surface area contributed by atoms with Crippen LogP contribution in [0.5, 0.6) is 5.75 Å². The number of methoxy groups -OCH3 is 1. The molecule has 0 unspecified atom stereocenters. The molecule has 6 heteroatoms. The lowest BCUT2D eigenvalue weighted by molar-refractivity contribution is 0.0747. The van der Waals surface area contributed by atoms with Gasteiger partial charge in [0.2, 0.25) is 0 Å². The smallest absolute Gasteiger partial charge is 0.258 e. The molecule has 0 atom stereocenters. The summed E-state index contributed by atoms with van der Waals surface area (Å²) in [5.41, 5.74) is 1.66. The molecule has 4 rings (SSSR count). The van der Waals surface area contributed by atoms with Crippen LogP contribution in [0.1, 0.15) is 24.2 Å². The fourth-order valence-electron chi connectivity index (χ4n) is 4.19. The van der Waals surface area contributed by atoms with E-state index in [9.17, 15) is 9.59 Å². The lowest BCUT2D eigenvalue weighted by atomic mass is 10.1. The SMILES string of the molecule is COc1cccc(N2CCN(C(=O)c3cn(CC(C)C)c(=O)c4ccccc34)CC2)c1. The number of aromatic nitrogens is 1. The Hall–Kier alpha value is -3.28. The first-order valence-electron chi connectivity index (χ1n) is 10.8. The molecule has 0 radical (unpaired) electrons. The number of carbonyl (C=O) groups excluding carboxylic acids is 1. The first kappa shape index (κ1) is 21.0. The highest BCUT2D eigenvalue weighted by Gasteiger charge is 2.25. The average Bonchev–Trinajstić information content (AvgIpc) is 2.80. The van der Waals surface area contributed by atoms with Crippen molar-refractivity contribution in [3.05, 3.63) is 70.6 Å². The van der Waals surface area contributed by atoms with Gasteiger partial charge in [0.1, 0.15) is 5.75 Å². The van der Waals surface area contributed by atoms with Crippen LogP contribution in [0.25, 0.3) is 10.8 Å². The Morgan fingerprint density at radius 2 is 1.71 bits per heavy atom. The third-order valence-corrected chi connectivity index (χ3v) is 5.77. The van der Waals surface area contributed by atoms with E-state index in [1.165, 1.54) is 0 Å². The van der Waals surface area contributed by atoms with E-state index in [0.29, 0.717) is 36.5 Å². The first-order valence-corrected chi connectivity index (χ1v) is 10.8. The van der Waals surface area contributed by atoms with Crippen LogP contribution < -0.4 is 15.2 Å². The monoisotopic (exact) mass is 419 g/mol. The Labute approximate surface area is 182 Å². The molecule has 6 nitrogen and oxygen atoms in total. The number of hydrogen-bond acceptors (Lipinski definition) is 4. The predicted octanol–water partition coefficient (Wildman–Crippen LogP) is 3.63. The topological polar surface area (TPSA) is 54.8 Å². The van der Waals surface area contributed by atoms with E-state index in [4.69, 9.17) is 4.74 Å². The largest absolute Gasteiger partial charge is 0.497 e. The van der Waals surface area contributed by atoms with Crippen molar-refractivity contribution in [2.45, 2.75) is 20.4 Å². The standard InChI is InChI=1S/C25H29N3O3/c1-18(2)16-28-17-23(21-9-4-5-10-22(21)24(28)29)25(30)27-13-11-26(12-14-27)19-7-6-8-20(15-19)31-3/h4-10,15,17-18H,11-14,16H2,1-3H3. The van der Waals surface area contributed by atoms with E-state index in [1.807, 2.05) is 47.4 Å². The van der Waals surface area contributed by atoms with Crippen LogP contribution in [0, 0.1) is 5.92 Å². The van der Waals surface area contributed by atoms with Crippen molar-refractivity contribution in [1.29, 1.82) is 0 Å². The molecular weight excluding hydrogens is 390 g/mol. The average molecular weight is 420 g/mol. The second kappa shape index (κ2) is 8.84. The molecule has 1 fully saturated rings. The minimum atomic E-state index is -0.0382. The summed E-state index contributed by atoms with van der Waals surface area (Å²) in [6.45, 7) is 7.50. The van der Waals surface area contributed by atoms with Gasteiger partial charge in [-0.2, -0.15) is 0 Å². The maximum Gasteiger partial charge on any atom is 0.258 e. The Morgan fingerprint density at radius 3 is 2.39 bits per heavy atom. The fraction of sp³-hybridized carbons (Fsp3) is 0.360. The molecule has 1 aliphatic heterocycles. The van der Waals surface area contributed by atoms with Crippen molar-refractivity contribution in [1.82, 2.24) is 9.47 Å². The minimum absolute atomic E-state index is 0.0148. The Balaban J connectivity index is 1.59. The zero-order chi connectivity index (χ0) is 22.0. The number of ether oxygens (including phenoxy) is 1. The maximum absolute atomic E-state index is 13.5. The Bertz CT molecular complexity index is 1140. The number of nitrogens with zero attached hydrogens (tertiary/aromatic N) is 3. The molecule has 0 N–H and O–H groups in total. The van der Waals surface area contributed by atoms with Crippen molar-refractivity contribution < 1.29 is 9.53 Å². The molecule has 2 aromatic carbocycles. The molecule has 2 heterocycles. The molecule has 3 aromatic rings. The second-order valence-electron chi connectivity index (χ2n) is 8.42. The van der Waals surface area contributed by atoms with E-state index in [0.717, 1.165) is 29.9 Å². The lowest BCUT2D eigenvalue weighted by Gasteiger charge is -2.36. The number of carbonyl (C=O) groups is 1. The zero-order valence-electron chi connectivity index (χ0n) is 18.4. The molecule has 0 spiro atoms. The number of hydrogen-bond donors (Lipinski definition) is 0. The van der Waals surface area contributed by atoms with Gasteiger partial charge < -0.3 is 19.1 Å². The minimum Gasteiger partial charge on any atom is -0.497 e. The molecular formula is C25H29N3O3. The third-order valence-electron chi connectivity index (χ3n) is 5.77. The summed E-state index contributed by atoms with van der Waals surface area (Å²) in [6.07, 6.45) is 1.75. The normalized spacial score (nSPS) is 14.3. The molecule has 1 aliphatic rings. The lowest BCUT2D eigenvalue weighted by Crippen LogP contribution is -2.49. The summed E-state index contributed by atoms with van der Waals surface area (Å²) in [7, 11) is 1.67. The van der Waals surface area contributed by atoms with Crippen LogP contribution in [0.4, 0.5) is 5.69 Å². The summed E-state index contributed by atoms with van der Waals surface area (Å²) in [6, 6.07) is 15.4. The van der Waals surface area contributed by atoms with E-state index < -0.39 is 0 Å². The highest BCUT2D eigenvalue weighted by atomic mass is 16.5. The highest BCUT2D eigenvalue weighted by molar-refractivity contribution is 6.06. The molecule has 1 saturated heterocycles. The van der Waals surface area contributed by atoms with Gasteiger partial charge in [0.15, 0.2) is 0 Å². The number of piperazine rings is 1. The van der Waals surface area contributed by atoms with E-state index >= 15 is 0 Å². The zero-order valence-corrected chi connectivity index (χ0v) is 18.4. The molecule has 1 amide bonds. The fourth-order valence-corrected chi connectivity index (χ4v) is 4.19. The van der Waals surface area contributed by atoms with Crippen LogP contribution >= 0.6 is 0 Å². The highest BCUT2D eigenvalue weighted by Crippen LogP contribution is 2.23. The van der Waals surface area contributed by atoms with Crippen molar-refractivity contribution in [2.24, 2.45) is 5.92 Å². The first-order chi connectivity index (χ1) is 15.0. The Morgan fingerprint density at radius 1 is 1.00 bits per heavy atom. The third kappa shape index (κ3) is 4.29. The van der Waals surface area contributed by atoms with Crippen LogP contribution in [-0.4, -0.2) is 48.7 Å². The van der Waals surface area contributed by atoms with Crippen LogP contribution in [0.2, 0.25) is 0 Å². The van der Waals surface area contributed by atoms with Crippen LogP contribution in [0.3, 0.4) is 0 Å². The van der Waals surface area contributed by atoms with Crippen LogP contribution in [0.15, 0.2) is 59.5 Å². The summed E-state index contributed by atoms with van der Waals surface area (Å²) >= 11 is 0. The van der Waals surface area contributed by atoms with E-state index in [2.05, 4.69) is 24.8 Å². The van der Waals surface area contributed by atoms with Gasteiger partial charge in [-0.15, -0.1) is 0 Å². The van der Waals surface area contributed by atoms with Crippen molar-refractivity contribution >= 4 is 22.4 Å². The number of rotatable bonds is 5. The predicted molar refractivity (Wildman–Crippen MR) is 124 cm³/mol. The molecule has 0 bridgehead atoms. The van der Waals surface area contributed by atoms with Gasteiger partial charge in [0, 0.05) is 61.4 Å². The number of fused-ring (bicyclic) bond motifs is 1. The van der Waals surface area contributed by atoms with Gasteiger partial charge in [-0.3, -0.25) is 9.59 Å². The van der Waals surface area contributed by atoms with Gasteiger partial charge in [0.25, 0.3) is 11.5 Å². The van der Waals surface area contributed by atoms with Crippen LogP contribution in [-0.2, 0) is 6.54 Å². The Kier molecular flexibility index (Phi) is 5.98. The number of anilines is 1. The van der Waals surface area contributed by atoms with Gasteiger partial charge in [0.05, 0.1) is 12.7 Å². The van der Waals surface area contributed by atoms with Gasteiger partial charge >= 0.3 is 0 Å². The second-order valence-corrected chi connectivity index (χ2v) is 8.42. The van der Waals surface area contributed by atoms with E-state index in [1.54, 1.807) is 17.9 Å². The van der Waals surface area contributed by atoms with Gasteiger partial charge in [-0.25, -0.2) is 0 Å². The molecule has 0 aliphatic carbocycles.